The van der Waals surface area contributed by atoms with Gasteiger partial charge >= 0.3 is 0 Å². The molecule has 0 aliphatic heterocycles. The van der Waals surface area contributed by atoms with Gasteiger partial charge in [-0.05, 0) is 35.4 Å². The Balaban J connectivity index is 2.21. The molecule has 26 heavy (non-hydrogen) atoms. The minimum absolute atomic E-state index is 0.588. The van der Waals surface area contributed by atoms with E-state index in [2.05, 4.69) is 48.1 Å². The van der Waals surface area contributed by atoms with Gasteiger partial charge < -0.3 is 4.90 Å². The standard InChI is InChI=1S/C20H16Br2N4/c1-26(2)20(17(11-23)13-3-7-15(21)8-4-13)19-18(12-24-25-19)14-5-9-16(22)10-6-14/h3-10,12H,1-2H3,(H,24,25). The molecule has 130 valence electrons. The number of nitrogens with zero attached hydrogens (tertiary/aromatic N) is 3. The number of nitriles is 1. The van der Waals surface area contributed by atoms with Crippen LogP contribution in [-0.2, 0) is 0 Å². The lowest BCUT2D eigenvalue weighted by Crippen LogP contribution is -2.13. The lowest BCUT2D eigenvalue weighted by atomic mass is 9.98. The van der Waals surface area contributed by atoms with Gasteiger partial charge in [0.2, 0.25) is 0 Å². The van der Waals surface area contributed by atoms with Gasteiger partial charge in [-0.25, -0.2) is 0 Å². The van der Waals surface area contributed by atoms with Crippen molar-refractivity contribution >= 4 is 43.1 Å². The minimum atomic E-state index is 0.588. The van der Waals surface area contributed by atoms with Crippen LogP contribution in [0, 0.1) is 11.3 Å². The van der Waals surface area contributed by atoms with Crippen LogP contribution in [0.2, 0.25) is 0 Å². The Hall–Kier alpha value is -2.36. The molecule has 6 heteroatoms. The number of benzene rings is 2. The smallest absolute Gasteiger partial charge is 0.102 e. The lowest BCUT2D eigenvalue weighted by Gasteiger charge is -2.20. The number of hydrogen-bond donors (Lipinski definition) is 1. The van der Waals surface area contributed by atoms with Crippen molar-refractivity contribution in [2.75, 3.05) is 14.1 Å². The van der Waals surface area contributed by atoms with Crippen LogP contribution in [0.1, 0.15) is 11.3 Å². The Labute approximate surface area is 169 Å². The van der Waals surface area contributed by atoms with Crippen molar-refractivity contribution in [2.45, 2.75) is 0 Å². The van der Waals surface area contributed by atoms with Gasteiger partial charge in [-0.2, -0.15) is 10.4 Å². The third-order valence-corrected chi connectivity index (χ3v) is 5.02. The number of aromatic nitrogens is 2. The van der Waals surface area contributed by atoms with Crippen molar-refractivity contribution in [1.29, 1.82) is 5.26 Å². The van der Waals surface area contributed by atoms with Gasteiger partial charge in [0.15, 0.2) is 0 Å². The Morgan fingerprint density at radius 1 is 1.00 bits per heavy atom. The summed E-state index contributed by atoms with van der Waals surface area (Å²) in [5.74, 6) is 0. The van der Waals surface area contributed by atoms with Crippen LogP contribution in [-0.4, -0.2) is 29.2 Å². The average molecular weight is 472 g/mol. The number of rotatable bonds is 4. The first-order valence-corrected chi connectivity index (χ1v) is 9.47. The van der Waals surface area contributed by atoms with Crippen molar-refractivity contribution in [2.24, 2.45) is 0 Å². The summed E-state index contributed by atoms with van der Waals surface area (Å²) in [5.41, 5.74) is 5.04. The third kappa shape index (κ3) is 3.74. The van der Waals surface area contributed by atoms with Gasteiger partial charge in [0.1, 0.15) is 6.07 Å². The highest BCUT2D eigenvalue weighted by atomic mass is 79.9. The molecule has 0 amide bonds. The normalized spacial score (nSPS) is 11.7. The second kappa shape index (κ2) is 7.90. The molecular weight excluding hydrogens is 456 g/mol. The van der Waals surface area contributed by atoms with E-state index in [0.717, 1.165) is 37.0 Å². The molecule has 3 rings (SSSR count). The summed E-state index contributed by atoms with van der Waals surface area (Å²) < 4.78 is 1.99. The highest BCUT2D eigenvalue weighted by Gasteiger charge is 2.19. The Morgan fingerprint density at radius 3 is 2.12 bits per heavy atom. The molecule has 0 spiro atoms. The fourth-order valence-corrected chi connectivity index (χ4v) is 3.29. The molecule has 0 atom stereocenters. The number of H-pyrrole nitrogens is 1. The molecule has 0 aliphatic carbocycles. The first-order valence-electron chi connectivity index (χ1n) is 7.88. The molecule has 0 fully saturated rings. The summed E-state index contributed by atoms with van der Waals surface area (Å²) in [6.07, 6.45) is 1.79. The maximum atomic E-state index is 9.88. The van der Waals surface area contributed by atoms with Crippen LogP contribution in [0.3, 0.4) is 0 Å². The number of allylic oxidation sites excluding steroid dienone is 1. The van der Waals surface area contributed by atoms with Crippen molar-refractivity contribution in [1.82, 2.24) is 15.1 Å². The number of aromatic amines is 1. The van der Waals surface area contributed by atoms with Crippen LogP contribution in [0.15, 0.2) is 63.7 Å². The van der Waals surface area contributed by atoms with Gasteiger partial charge in [-0.1, -0.05) is 56.1 Å². The van der Waals surface area contributed by atoms with Gasteiger partial charge in [-0.15, -0.1) is 0 Å². The van der Waals surface area contributed by atoms with E-state index in [1.54, 1.807) is 6.20 Å². The molecule has 4 nitrogen and oxygen atoms in total. The maximum absolute atomic E-state index is 9.88. The van der Waals surface area contributed by atoms with Crippen LogP contribution in [0.4, 0.5) is 0 Å². The summed E-state index contributed by atoms with van der Waals surface area (Å²) in [4.78, 5) is 1.94. The van der Waals surface area contributed by atoms with E-state index in [-0.39, 0.29) is 0 Å². The number of hydrogen-bond acceptors (Lipinski definition) is 3. The average Bonchev–Trinajstić information content (AvgIpc) is 3.10. The Kier molecular flexibility index (Phi) is 5.60. The molecule has 0 bridgehead atoms. The molecule has 0 radical (unpaired) electrons. The van der Waals surface area contributed by atoms with E-state index in [1.165, 1.54) is 0 Å². The summed E-state index contributed by atoms with van der Waals surface area (Å²) in [6, 6.07) is 18.1. The van der Waals surface area contributed by atoms with Crippen molar-refractivity contribution in [3.63, 3.8) is 0 Å². The molecule has 1 heterocycles. The van der Waals surface area contributed by atoms with E-state index >= 15 is 0 Å². The first-order chi connectivity index (χ1) is 12.5. The van der Waals surface area contributed by atoms with E-state index in [1.807, 2.05) is 67.5 Å². The molecule has 0 aliphatic rings. The predicted octanol–water partition coefficient (Wildman–Crippen LogP) is 5.56. The predicted molar refractivity (Wildman–Crippen MR) is 112 cm³/mol. The van der Waals surface area contributed by atoms with Gasteiger partial charge in [0, 0.05) is 28.6 Å². The van der Waals surface area contributed by atoms with Crippen molar-refractivity contribution in [3.8, 4) is 17.2 Å². The second-order valence-electron chi connectivity index (χ2n) is 5.90. The topological polar surface area (TPSA) is 55.7 Å². The zero-order chi connectivity index (χ0) is 18.7. The van der Waals surface area contributed by atoms with Gasteiger partial charge in [0.25, 0.3) is 0 Å². The van der Waals surface area contributed by atoms with E-state index in [0.29, 0.717) is 5.57 Å². The molecule has 0 unspecified atom stereocenters. The Bertz CT molecular complexity index is 978. The minimum Gasteiger partial charge on any atom is -0.375 e. The maximum Gasteiger partial charge on any atom is 0.102 e. The summed E-state index contributed by atoms with van der Waals surface area (Å²) in [7, 11) is 3.86. The number of halogens is 2. The van der Waals surface area contributed by atoms with Crippen molar-refractivity contribution < 1.29 is 0 Å². The molecule has 1 N–H and O–H groups in total. The SMILES string of the molecule is CN(C)C(=C(C#N)c1ccc(Br)cc1)c1[nH]ncc1-c1ccc(Br)cc1. The largest absolute Gasteiger partial charge is 0.375 e. The van der Waals surface area contributed by atoms with Crippen LogP contribution >= 0.6 is 31.9 Å². The van der Waals surface area contributed by atoms with Crippen LogP contribution in [0.25, 0.3) is 22.4 Å². The fourth-order valence-electron chi connectivity index (χ4n) is 2.76. The zero-order valence-electron chi connectivity index (χ0n) is 14.3. The summed E-state index contributed by atoms with van der Waals surface area (Å²) in [6.45, 7) is 0. The fraction of sp³-hybridized carbons (Fsp3) is 0.100. The van der Waals surface area contributed by atoms with E-state index < -0.39 is 0 Å². The highest BCUT2D eigenvalue weighted by Crippen LogP contribution is 2.33. The van der Waals surface area contributed by atoms with Crippen LogP contribution < -0.4 is 0 Å². The lowest BCUT2D eigenvalue weighted by molar-refractivity contribution is 0.590. The van der Waals surface area contributed by atoms with E-state index in [4.69, 9.17) is 0 Å². The summed E-state index contributed by atoms with van der Waals surface area (Å²) in [5, 5.41) is 17.2. The monoisotopic (exact) mass is 470 g/mol. The highest BCUT2D eigenvalue weighted by molar-refractivity contribution is 9.10. The third-order valence-electron chi connectivity index (χ3n) is 3.96. The summed E-state index contributed by atoms with van der Waals surface area (Å²) >= 11 is 6.90. The molecule has 0 saturated carbocycles. The quantitative estimate of drug-likeness (QED) is 0.507. The molecule has 2 aromatic carbocycles. The molecule has 3 aromatic rings. The molecule has 1 aromatic heterocycles. The number of nitrogens with one attached hydrogen (secondary N) is 1. The Morgan fingerprint density at radius 2 is 1.58 bits per heavy atom. The first kappa shape index (κ1) is 18.4. The molecular formula is C20H16Br2N4. The van der Waals surface area contributed by atoms with Crippen molar-refractivity contribution in [3.05, 3.63) is 74.9 Å². The molecule has 0 saturated heterocycles. The van der Waals surface area contributed by atoms with Gasteiger partial charge in [0.05, 0.1) is 23.2 Å². The zero-order valence-corrected chi connectivity index (χ0v) is 17.5. The second-order valence-corrected chi connectivity index (χ2v) is 7.73. The van der Waals surface area contributed by atoms with Crippen LogP contribution in [0.5, 0.6) is 0 Å². The van der Waals surface area contributed by atoms with E-state index in [9.17, 15) is 5.26 Å². The van der Waals surface area contributed by atoms with Gasteiger partial charge in [-0.3, -0.25) is 5.10 Å².